The maximum atomic E-state index is 10.9. The van der Waals surface area contributed by atoms with Crippen molar-refractivity contribution in [3.05, 3.63) is 27.7 Å². The minimum absolute atomic E-state index is 0.551. The van der Waals surface area contributed by atoms with Gasteiger partial charge in [-0.2, -0.15) is 0 Å². The van der Waals surface area contributed by atoms with E-state index >= 15 is 0 Å². The highest BCUT2D eigenvalue weighted by Gasteiger charge is 2.13. The van der Waals surface area contributed by atoms with Gasteiger partial charge in [-0.1, -0.05) is 15.9 Å². The van der Waals surface area contributed by atoms with E-state index in [9.17, 15) is 4.79 Å². The Bertz CT molecular complexity index is 414. The van der Waals surface area contributed by atoms with Crippen molar-refractivity contribution in [2.24, 2.45) is 0 Å². The molecule has 3 nitrogen and oxygen atoms in total. The van der Waals surface area contributed by atoms with Crippen molar-refractivity contribution in [1.82, 2.24) is 5.32 Å². The first-order valence-corrected chi connectivity index (χ1v) is 6.72. The van der Waals surface area contributed by atoms with Crippen LogP contribution in [0.25, 0.3) is 0 Å². The molecule has 1 heterocycles. The molecule has 92 valence electrons. The number of aldehydes is 1. The van der Waals surface area contributed by atoms with Gasteiger partial charge in [-0.3, -0.25) is 4.79 Å². The first kappa shape index (κ1) is 12.6. The molecule has 0 amide bonds. The molecule has 0 aromatic heterocycles. The predicted molar refractivity (Wildman–Crippen MR) is 73.8 cm³/mol. The lowest BCUT2D eigenvalue weighted by Gasteiger charge is -2.14. The molecule has 0 spiro atoms. The van der Waals surface area contributed by atoms with Gasteiger partial charge < -0.3 is 10.6 Å². The minimum Gasteiger partial charge on any atom is -0.383 e. The fourth-order valence-electron chi connectivity index (χ4n) is 2.10. The Morgan fingerprint density at radius 2 is 2.41 bits per heavy atom. The van der Waals surface area contributed by atoms with E-state index in [0.29, 0.717) is 6.04 Å². The Labute approximate surface area is 110 Å². The SMILES string of the molecule is Cc1c(Br)cc(NCC2CCCN2)cc1C=O. The Hall–Kier alpha value is -0.870. The van der Waals surface area contributed by atoms with Crippen molar-refractivity contribution in [1.29, 1.82) is 0 Å². The number of halogens is 1. The van der Waals surface area contributed by atoms with Crippen molar-refractivity contribution in [2.75, 3.05) is 18.4 Å². The normalized spacial score (nSPS) is 19.3. The zero-order chi connectivity index (χ0) is 12.3. The second-order valence-electron chi connectivity index (χ2n) is 4.46. The third-order valence-electron chi connectivity index (χ3n) is 3.23. The molecule has 1 fully saturated rings. The van der Waals surface area contributed by atoms with E-state index in [0.717, 1.165) is 40.7 Å². The van der Waals surface area contributed by atoms with Gasteiger partial charge in [0.25, 0.3) is 0 Å². The van der Waals surface area contributed by atoms with Crippen molar-refractivity contribution in [3.63, 3.8) is 0 Å². The Morgan fingerprint density at radius 3 is 3.06 bits per heavy atom. The molecule has 1 aliphatic heterocycles. The average Bonchev–Trinajstić information content (AvgIpc) is 2.83. The summed E-state index contributed by atoms with van der Waals surface area (Å²) < 4.78 is 0.976. The molecule has 1 aromatic rings. The molecule has 0 aliphatic carbocycles. The van der Waals surface area contributed by atoms with Crippen LogP contribution in [0.1, 0.15) is 28.8 Å². The van der Waals surface area contributed by atoms with Gasteiger partial charge in [0.05, 0.1) is 0 Å². The van der Waals surface area contributed by atoms with Gasteiger partial charge in [0.15, 0.2) is 0 Å². The number of hydrogen-bond donors (Lipinski definition) is 2. The Balaban J connectivity index is 2.05. The van der Waals surface area contributed by atoms with Gasteiger partial charge in [0, 0.05) is 28.3 Å². The van der Waals surface area contributed by atoms with Crippen LogP contribution in [-0.4, -0.2) is 25.4 Å². The minimum atomic E-state index is 0.551. The number of carbonyl (C=O) groups is 1. The monoisotopic (exact) mass is 296 g/mol. The first-order chi connectivity index (χ1) is 8.20. The molecule has 0 bridgehead atoms. The molecule has 1 aromatic carbocycles. The lowest BCUT2D eigenvalue weighted by Crippen LogP contribution is -2.29. The van der Waals surface area contributed by atoms with Crippen LogP contribution >= 0.6 is 15.9 Å². The number of benzene rings is 1. The lowest BCUT2D eigenvalue weighted by atomic mass is 10.1. The van der Waals surface area contributed by atoms with E-state index in [2.05, 4.69) is 26.6 Å². The summed E-state index contributed by atoms with van der Waals surface area (Å²) in [4.78, 5) is 10.9. The van der Waals surface area contributed by atoms with Crippen LogP contribution in [0.2, 0.25) is 0 Å². The number of nitrogens with one attached hydrogen (secondary N) is 2. The topological polar surface area (TPSA) is 41.1 Å². The summed E-state index contributed by atoms with van der Waals surface area (Å²) in [5.74, 6) is 0. The third kappa shape index (κ3) is 3.07. The summed E-state index contributed by atoms with van der Waals surface area (Å²) in [7, 11) is 0. The highest BCUT2D eigenvalue weighted by atomic mass is 79.9. The summed E-state index contributed by atoms with van der Waals surface area (Å²) in [5.41, 5.74) is 2.73. The lowest BCUT2D eigenvalue weighted by molar-refractivity contribution is 0.112. The Kier molecular flexibility index (Phi) is 4.18. The largest absolute Gasteiger partial charge is 0.383 e. The summed E-state index contributed by atoms with van der Waals surface area (Å²) in [6.45, 7) is 3.97. The molecular formula is C13H17BrN2O. The maximum Gasteiger partial charge on any atom is 0.150 e. The predicted octanol–water partition coefficient (Wildman–Crippen LogP) is 2.73. The van der Waals surface area contributed by atoms with Crippen LogP contribution in [0, 0.1) is 6.92 Å². The average molecular weight is 297 g/mol. The quantitative estimate of drug-likeness (QED) is 0.840. The summed E-state index contributed by atoms with van der Waals surface area (Å²) >= 11 is 3.48. The van der Waals surface area contributed by atoms with Gasteiger partial charge in [-0.05, 0) is 44.0 Å². The van der Waals surface area contributed by atoms with Gasteiger partial charge in [-0.25, -0.2) is 0 Å². The van der Waals surface area contributed by atoms with Gasteiger partial charge >= 0.3 is 0 Å². The van der Waals surface area contributed by atoms with Crippen molar-refractivity contribution in [3.8, 4) is 0 Å². The van der Waals surface area contributed by atoms with Crippen molar-refractivity contribution in [2.45, 2.75) is 25.8 Å². The highest BCUT2D eigenvalue weighted by Crippen LogP contribution is 2.24. The zero-order valence-electron chi connectivity index (χ0n) is 9.92. The molecule has 1 unspecified atom stereocenters. The standard InChI is InChI=1S/C13H17BrN2O/c1-9-10(8-17)5-12(6-13(9)14)16-7-11-3-2-4-15-11/h5-6,8,11,15-16H,2-4,7H2,1H3. The van der Waals surface area contributed by atoms with Crippen LogP contribution in [-0.2, 0) is 0 Å². The van der Waals surface area contributed by atoms with Crippen LogP contribution in [0.4, 0.5) is 5.69 Å². The number of rotatable bonds is 4. The van der Waals surface area contributed by atoms with E-state index < -0.39 is 0 Å². The van der Waals surface area contributed by atoms with Crippen LogP contribution in [0.3, 0.4) is 0 Å². The molecule has 1 saturated heterocycles. The molecule has 2 N–H and O–H groups in total. The van der Waals surface area contributed by atoms with E-state index in [1.54, 1.807) is 0 Å². The number of anilines is 1. The molecule has 4 heteroatoms. The molecule has 0 saturated carbocycles. The van der Waals surface area contributed by atoms with E-state index in [-0.39, 0.29) is 0 Å². The van der Waals surface area contributed by atoms with Gasteiger partial charge in [0.2, 0.25) is 0 Å². The number of carbonyl (C=O) groups excluding carboxylic acids is 1. The molecule has 1 atom stereocenters. The van der Waals surface area contributed by atoms with E-state index in [1.165, 1.54) is 12.8 Å². The van der Waals surface area contributed by atoms with Gasteiger partial charge in [0.1, 0.15) is 6.29 Å². The van der Waals surface area contributed by atoms with Gasteiger partial charge in [-0.15, -0.1) is 0 Å². The number of hydrogen-bond acceptors (Lipinski definition) is 3. The second kappa shape index (κ2) is 5.65. The first-order valence-electron chi connectivity index (χ1n) is 5.93. The molecular weight excluding hydrogens is 280 g/mol. The third-order valence-corrected chi connectivity index (χ3v) is 4.05. The summed E-state index contributed by atoms with van der Waals surface area (Å²) in [5, 5.41) is 6.82. The van der Waals surface area contributed by atoms with Crippen molar-refractivity contribution < 1.29 is 4.79 Å². The van der Waals surface area contributed by atoms with Crippen molar-refractivity contribution >= 4 is 27.9 Å². The molecule has 0 radical (unpaired) electrons. The maximum absolute atomic E-state index is 10.9. The molecule has 2 rings (SSSR count). The van der Waals surface area contributed by atoms with Crippen LogP contribution < -0.4 is 10.6 Å². The fourth-order valence-corrected chi connectivity index (χ4v) is 2.57. The summed E-state index contributed by atoms with van der Waals surface area (Å²) in [6.07, 6.45) is 3.38. The summed E-state index contributed by atoms with van der Waals surface area (Å²) in [6, 6.07) is 4.48. The fraction of sp³-hybridized carbons (Fsp3) is 0.462. The van der Waals surface area contributed by atoms with Crippen LogP contribution in [0.15, 0.2) is 16.6 Å². The zero-order valence-corrected chi connectivity index (χ0v) is 11.5. The van der Waals surface area contributed by atoms with Crippen LogP contribution in [0.5, 0.6) is 0 Å². The highest BCUT2D eigenvalue weighted by molar-refractivity contribution is 9.10. The van der Waals surface area contributed by atoms with E-state index in [1.807, 2.05) is 19.1 Å². The molecule has 1 aliphatic rings. The second-order valence-corrected chi connectivity index (χ2v) is 5.32. The smallest absolute Gasteiger partial charge is 0.150 e. The molecule has 17 heavy (non-hydrogen) atoms. The van der Waals surface area contributed by atoms with E-state index in [4.69, 9.17) is 0 Å². The Morgan fingerprint density at radius 1 is 1.59 bits per heavy atom.